The summed E-state index contributed by atoms with van der Waals surface area (Å²) in [6.07, 6.45) is 0.949. The van der Waals surface area contributed by atoms with E-state index in [2.05, 4.69) is 11.3 Å². The first kappa shape index (κ1) is 11.7. The lowest BCUT2D eigenvalue weighted by Gasteiger charge is -2.14. The Kier molecular flexibility index (Phi) is 4.24. The Hall–Kier alpha value is -1.42. The Morgan fingerprint density at radius 2 is 2.07 bits per heavy atom. The smallest absolute Gasteiger partial charge is 0.387 e. The van der Waals surface area contributed by atoms with Gasteiger partial charge in [-0.1, -0.05) is 24.3 Å². The van der Waals surface area contributed by atoms with E-state index < -0.39 is 12.7 Å². The van der Waals surface area contributed by atoms with E-state index >= 15 is 0 Å². The highest BCUT2D eigenvalue weighted by Gasteiger charge is 2.14. The second-order valence-corrected chi connectivity index (χ2v) is 2.96. The molecule has 0 saturated heterocycles. The van der Waals surface area contributed by atoms with Gasteiger partial charge in [-0.15, -0.1) is 6.58 Å². The first-order chi connectivity index (χ1) is 7.15. The first-order valence-corrected chi connectivity index (χ1v) is 4.48. The summed E-state index contributed by atoms with van der Waals surface area (Å²) in [7, 11) is 0. The zero-order valence-electron chi connectivity index (χ0n) is 8.07. The Labute approximate surface area is 86.8 Å². The van der Waals surface area contributed by atoms with Crippen molar-refractivity contribution >= 4 is 0 Å². The molecule has 1 unspecified atom stereocenters. The molecule has 0 aromatic heterocycles. The van der Waals surface area contributed by atoms with Gasteiger partial charge < -0.3 is 9.84 Å². The van der Waals surface area contributed by atoms with Gasteiger partial charge in [0.2, 0.25) is 0 Å². The molecular weight excluding hydrogens is 202 g/mol. The molecule has 0 aliphatic carbocycles. The van der Waals surface area contributed by atoms with Gasteiger partial charge in [0.1, 0.15) is 5.75 Å². The van der Waals surface area contributed by atoms with Gasteiger partial charge in [0.25, 0.3) is 0 Å². The van der Waals surface area contributed by atoms with Crippen LogP contribution in [0.1, 0.15) is 18.1 Å². The van der Waals surface area contributed by atoms with E-state index in [1.54, 1.807) is 18.2 Å². The van der Waals surface area contributed by atoms with E-state index in [0.717, 1.165) is 0 Å². The molecular formula is C11H12F2O2. The fourth-order valence-electron chi connectivity index (χ4n) is 1.24. The lowest BCUT2D eigenvalue weighted by atomic mass is 10.1. The van der Waals surface area contributed by atoms with Crippen molar-refractivity contribution in [2.45, 2.75) is 19.1 Å². The van der Waals surface area contributed by atoms with Gasteiger partial charge in [0, 0.05) is 5.56 Å². The minimum absolute atomic E-state index is 0.00171. The van der Waals surface area contributed by atoms with Gasteiger partial charge in [-0.05, 0) is 12.5 Å². The summed E-state index contributed by atoms with van der Waals surface area (Å²) in [5, 5.41) is 9.62. The molecule has 1 atom stereocenters. The number of halogens is 2. The first-order valence-electron chi connectivity index (χ1n) is 4.48. The third-order valence-electron chi connectivity index (χ3n) is 1.88. The number of aliphatic hydroxyl groups is 1. The number of hydrogen-bond acceptors (Lipinski definition) is 2. The van der Waals surface area contributed by atoms with Gasteiger partial charge in [0.05, 0.1) is 6.10 Å². The summed E-state index contributed by atoms with van der Waals surface area (Å²) in [5.41, 5.74) is 0.345. The van der Waals surface area contributed by atoms with E-state index in [1.807, 2.05) is 0 Å². The topological polar surface area (TPSA) is 29.5 Å². The van der Waals surface area contributed by atoms with Crippen LogP contribution in [0.15, 0.2) is 36.9 Å². The van der Waals surface area contributed by atoms with Crippen molar-refractivity contribution < 1.29 is 18.6 Å². The molecule has 1 aromatic carbocycles. The normalized spacial score (nSPS) is 12.5. The number of aliphatic hydroxyl groups excluding tert-OH is 1. The zero-order valence-corrected chi connectivity index (χ0v) is 8.07. The lowest BCUT2D eigenvalue weighted by Crippen LogP contribution is -2.06. The molecule has 0 saturated carbocycles. The maximum absolute atomic E-state index is 12.0. The summed E-state index contributed by atoms with van der Waals surface area (Å²) < 4.78 is 28.3. The molecule has 0 aliphatic rings. The second-order valence-electron chi connectivity index (χ2n) is 2.96. The SMILES string of the molecule is C=CCC(O)c1ccccc1OC(F)F. The van der Waals surface area contributed by atoms with Crippen molar-refractivity contribution in [2.75, 3.05) is 0 Å². The summed E-state index contributed by atoms with van der Waals surface area (Å²) >= 11 is 0. The number of ether oxygens (including phenoxy) is 1. The van der Waals surface area contributed by atoms with Crippen LogP contribution >= 0.6 is 0 Å². The quantitative estimate of drug-likeness (QED) is 0.763. The Morgan fingerprint density at radius 1 is 1.40 bits per heavy atom. The number of para-hydroxylation sites is 1. The maximum atomic E-state index is 12.0. The van der Waals surface area contributed by atoms with Gasteiger partial charge >= 0.3 is 6.61 Å². The third-order valence-corrected chi connectivity index (χ3v) is 1.88. The number of hydrogen-bond donors (Lipinski definition) is 1. The van der Waals surface area contributed by atoms with Crippen molar-refractivity contribution in [3.8, 4) is 5.75 Å². The summed E-state index contributed by atoms with van der Waals surface area (Å²) in [6, 6.07) is 6.17. The van der Waals surface area contributed by atoms with Gasteiger partial charge in [-0.25, -0.2) is 0 Å². The number of benzene rings is 1. The average molecular weight is 214 g/mol. The largest absolute Gasteiger partial charge is 0.434 e. The van der Waals surface area contributed by atoms with E-state index in [1.165, 1.54) is 12.1 Å². The van der Waals surface area contributed by atoms with Gasteiger partial charge in [-0.2, -0.15) is 8.78 Å². The average Bonchev–Trinajstić information content (AvgIpc) is 2.18. The van der Waals surface area contributed by atoms with Crippen LogP contribution in [0.25, 0.3) is 0 Å². The van der Waals surface area contributed by atoms with E-state index in [0.29, 0.717) is 12.0 Å². The van der Waals surface area contributed by atoms with Crippen LogP contribution in [0, 0.1) is 0 Å². The molecule has 1 aromatic rings. The highest BCUT2D eigenvalue weighted by molar-refractivity contribution is 5.35. The molecule has 0 bridgehead atoms. The third kappa shape index (κ3) is 3.32. The molecule has 15 heavy (non-hydrogen) atoms. The molecule has 4 heteroatoms. The van der Waals surface area contributed by atoms with E-state index in [4.69, 9.17) is 0 Å². The highest BCUT2D eigenvalue weighted by atomic mass is 19.3. The number of alkyl halides is 2. The lowest BCUT2D eigenvalue weighted by molar-refractivity contribution is -0.0515. The second kappa shape index (κ2) is 5.46. The predicted octanol–water partition coefficient (Wildman–Crippen LogP) is 2.90. The van der Waals surface area contributed by atoms with E-state index in [-0.39, 0.29) is 5.75 Å². The zero-order chi connectivity index (χ0) is 11.3. The number of rotatable bonds is 5. The molecule has 1 N–H and O–H groups in total. The summed E-state index contributed by atoms with van der Waals surface area (Å²) in [6.45, 7) is 0.581. The predicted molar refractivity (Wildman–Crippen MR) is 52.8 cm³/mol. The Bertz CT molecular complexity index is 326. The Balaban J connectivity index is 2.89. The highest BCUT2D eigenvalue weighted by Crippen LogP contribution is 2.28. The molecule has 0 aliphatic heterocycles. The molecule has 1 rings (SSSR count). The molecule has 0 heterocycles. The van der Waals surface area contributed by atoms with Crippen LogP contribution in [0.4, 0.5) is 8.78 Å². The molecule has 0 fully saturated rings. The van der Waals surface area contributed by atoms with Crippen LogP contribution in [0.3, 0.4) is 0 Å². The molecule has 0 spiro atoms. The van der Waals surface area contributed by atoms with Crippen molar-refractivity contribution in [1.82, 2.24) is 0 Å². The van der Waals surface area contributed by atoms with Crippen LogP contribution in [0.5, 0.6) is 5.75 Å². The van der Waals surface area contributed by atoms with Crippen molar-refractivity contribution in [1.29, 1.82) is 0 Å². The molecule has 0 amide bonds. The fourth-order valence-corrected chi connectivity index (χ4v) is 1.24. The molecule has 2 nitrogen and oxygen atoms in total. The van der Waals surface area contributed by atoms with E-state index in [9.17, 15) is 13.9 Å². The summed E-state index contributed by atoms with van der Waals surface area (Å²) in [4.78, 5) is 0. The minimum atomic E-state index is -2.89. The monoisotopic (exact) mass is 214 g/mol. The minimum Gasteiger partial charge on any atom is -0.434 e. The van der Waals surface area contributed by atoms with Gasteiger partial charge in [-0.3, -0.25) is 0 Å². The van der Waals surface area contributed by atoms with Crippen molar-refractivity contribution in [3.05, 3.63) is 42.5 Å². The van der Waals surface area contributed by atoms with Crippen LogP contribution in [-0.2, 0) is 0 Å². The molecule has 0 radical (unpaired) electrons. The van der Waals surface area contributed by atoms with Crippen molar-refractivity contribution in [3.63, 3.8) is 0 Å². The van der Waals surface area contributed by atoms with Gasteiger partial charge in [0.15, 0.2) is 0 Å². The van der Waals surface area contributed by atoms with Crippen LogP contribution in [-0.4, -0.2) is 11.7 Å². The Morgan fingerprint density at radius 3 is 2.67 bits per heavy atom. The maximum Gasteiger partial charge on any atom is 0.387 e. The summed E-state index contributed by atoms with van der Waals surface area (Å²) in [5.74, 6) is 0.00171. The van der Waals surface area contributed by atoms with Crippen LogP contribution < -0.4 is 4.74 Å². The molecule has 82 valence electrons. The fraction of sp³-hybridized carbons (Fsp3) is 0.273. The van der Waals surface area contributed by atoms with Crippen LogP contribution in [0.2, 0.25) is 0 Å². The van der Waals surface area contributed by atoms with Crippen molar-refractivity contribution in [2.24, 2.45) is 0 Å². The standard InChI is InChI=1S/C11H12F2O2/c1-2-5-9(14)8-6-3-4-7-10(8)15-11(12)13/h2-4,6-7,9,11,14H,1,5H2.